The third-order valence-corrected chi connectivity index (χ3v) is 4.62. The Hall–Kier alpha value is -1.47. The molecule has 7 heteroatoms. The summed E-state index contributed by atoms with van der Waals surface area (Å²) in [6.07, 6.45) is 0. The Morgan fingerprint density at radius 2 is 1.70 bits per heavy atom. The van der Waals surface area contributed by atoms with Crippen LogP contribution in [0.5, 0.6) is 0 Å². The predicted octanol–water partition coefficient (Wildman–Crippen LogP) is 3.84. The van der Waals surface area contributed by atoms with E-state index < -0.39 is 27.3 Å². The largest absolute Gasteiger partial charge is 0.274 e. The van der Waals surface area contributed by atoms with Crippen molar-refractivity contribution < 1.29 is 17.2 Å². The van der Waals surface area contributed by atoms with Crippen molar-refractivity contribution >= 4 is 31.6 Å². The maximum atomic E-state index is 13.5. The highest BCUT2D eigenvalue weighted by Gasteiger charge is 2.21. The molecule has 1 N–H and O–H groups in total. The average molecular weight is 362 g/mol. The maximum Gasteiger partial charge on any atom is 0.262 e. The van der Waals surface area contributed by atoms with Gasteiger partial charge in [0.25, 0.3) is 10.0 Å². The minimum atomic E-state index is -4.07. The van der Waals surface area contributed by atoms with Gasteiger partial charge < -0.3 is 0 Å². The van der Waals surface area contributed by atoms with Crippen molar-refractivity contribution in [1.82, 2.24) is 0 Å². The monoisotopic (exact) mass is 361 g/mol. The molecule has 0 atom stereocenters. The molecule has 0 unspecified atom stereocenters. The molecule has 2 rings (SSSR count). The lowest BCUT2D eigenvalue weighted by atomic mass is 10.2. The summed E-state index contributed by atoms with van der Waals surface area (Å²) in [5, 5.41) is 0. The zero-order chi connectivity index (χ0) is 14.9. The van der Waals surface area contributed by atoms with Crippen molar-refractivity contribution in [3.63, 3.8) is 0 Å². The molecule has 0 saturated heterocycles. The second-order valence-electron chi connectivity index (χ2n) is 4.11. The van der Waals surface area contributed by atoms with Crippen LogP contribution in [0.25, 0.3) is 0 Å². The molecule has 0 radical (unpaired) electrons. The van der Waals surface area contributed by atoms with E-state index in [4.69, 9.17) is 0 Å². The fourth-order valence-electron chi connectivity index (χ4n) is 1.65. The Kier molecular flexibility index (Phi) is 4.10. The molecule has 0 fully saturated rings. The lowest BCUT2D eigenvalue weighted by Crippen LogP contribution is -2.16. The summed E-state index contributed by atoms with van der Waals surface area (Å²) in [5.74, 6) is -1.94. The van der Waals surface area contributed by atoms with E-state index in [0.29, 0.717) is 10.0 Å². The first-order valence-electron chi connectivity index (χ1n) is 5.54. The Balaban J connectivity index is 2.49. The molecule has 0 aliphatic rings. The van der Waals surface area contributed by atoms with Gasteiger partial charge in [-0.15, -0.1) is 0 Å². The number of halogens is 3. The van der Waals surface area contributed by atoms with E-state index in [0.717, 1.165) is 18.2 Å². The van der Waals surface area contributed by atoms with Gasteiger partial charge in [-0.25, -0.2) is 17.2 Å². The first-order valence-corrected chi connectivity index (χ1v) is 7.82. The van der Waals surface area contributed by atoms with Gasteiger partial charge in [0.1, 0.15) is 17.3 Å². The molecule has 3 nitrogen and oxygen atoms in total. The fourth-order valence-corrected chi connectivity index (χ4v) is 3.51. The Labute approximate surface area is 123 Å². The second-order valence-corrected chi connectivity index (χ2v) is 6.68. The van der Waals surface area contributed by atoms with E-state index in [1.165, 1.54) is 6.07 Å². The van der Waals surface area contributed by atoms with E-state index >= 15 is 0 Å². The number of anilines is 1. The van der Waals surface area contributed by atoms with E-state index in [9.17, 15) is 17.2 Å². The van der Waals surface area contributed by atoms with Crippen LogP contribution in [0.15, 0.2) is 45.8 Å². The van der Waals surface area contributed by atoms with Crippen molar-refractivity contribution in [2.45, 2.75) is 11.8 Å². The summed E-state index contributed by atoms with van der Waals surface area (Å²) in [5.41, 5.74) is -0.218. The Morgan fingerprint density at radius 1 is 1.10 bits per heavy atom. The van der Waals surface area contributed by atoms with Gasteiger partial charge in [-0.1, -0.05) is 28.1 Å². The molecule has 0 aromatic heterocycles. The van der Waals surface area contributed by atoms with Crippen molar-refractivity contribution in [3.8, 4) is 0 Å². The quantitative estimate of drug-likeness (QED) is 0.902. The van der Waals surface area contributed by atoms with Gasteiger partial charge in [0, 0.05) is 4.47 Å². The van der Waals surface area contributed by atoms with Gasteiger partial charge in [0.05, 0.1) is 4.90 Å². The number of para-hydroxylation sites is 1. The number of hydrogen-bond acceptors (Lipinski definition) is 2. The van der Waals surface area contributed by atoms with E-state index in [-0.39, 0.29) is 4.90 Å². The second kappa shape index (κ2) is 5.49. The summed E-state index contributed by atoms with van der Waals surface area (Å²) >= 11 is 3.16. The fraction of sp³-hybridized carbons (Fsp3) is 0.0769. The van der Waals surface area contributed by atoms with Crippen molar-refractivity contribution in [1.29, 1.82) is 0 Å². The molecule has 0 heterocycles. The van der Waals surface area contributed by atoms with Gasteiger partial charge in [0.15, 0.2) is 0 Å². The van der Waals surface area contributed by atoms with E-state index in [1.54, 1.807) is 19.1 Å². The molecule has 0 aliphatic carbocycles. The summed E-state index contributed by atoms with van der Waals surface area (Å²) in [4.78, 5) is -0.0467. The number of rotatable bonds is 3. The molecule has 0 aliphatic heterocycles. The maximum absolute atomic E-state index is 13.5. The molecule has 0 saturated carbocycles. The standard InChI is InChI=1S/C13H10BrF2NO2S/c1-8-5-6-9(14)7-12(8)20(18,19)17-13-10(15)3-2-4-11(13)16/h2-7,17H,1H3. The first kappa shape index (κ1) is 14.9. The topological polar surface area (TPSA) is 46.2 Å². The van der Waals surface area contributed by atoms with Gasteiger partial charge in [-0.05, 0) is 36.8 Å². The zero-order valence-corrected chi connectivity index (χ0v) is 12.7. The lowest BCUT2D eigenvalue weighted by molar-refractivity contribution is 0.582. The van der Waals surface area contributed by atoms with Gasteiger partial charge in [-0.2, -0.15) is 0 Å². The van der Waals surface area contributed by atoms with Crippen LogP contribution in [-0.4, -0.2) is 8.42 Å². The van der Waals surface area contributed by atoms with Crippen LogP contribution in [0.3, 0.4) is 0 Å². The van der Waals surface area contributed by atoms with Gasteiger partial charge >= 0.3 is 0 Å². The Morgan fingerprint density at radius 3 is 2.30 bits per heavy atom. The summed E-state index contributed by atoms with van der Waals surface area (Å²) in [6, 6.07) is 7.76. The number of nitrogens with one attached hydrogen (secondary N) is 1. The molecule has 2 aromatic rings. The van der Waals surface area contributed by atoms with Crippen molar-refractivity contribution in [3.05, 3.63) is 58.1 Å². The first-order chi connectivity index (χ1) is 9.31. The van der Waals surface area contributed by atoms with Crippen LogP contribution >= 0.6 is 15.9 Å². The van der Waals surface area contributed by atoms with E-state index in [2.05, 4.69) is 15.9 Å². The molecule has 20 heavy (non-hydrogen) atoms. The van der Waals surface area contributed by atoms with Crippen molar-refractivity contribution in [2.24, 2.45) is 0 Å². The highest BCUT2D eigenvalue weighted by molar-refractivity contribution is 9.10. The number of sulfonamides is 1. The minimum Gasteiger partial charge on any atom is -0.274 e. The molecular formula is C13H10BrF2NO2S. The molecule has 2 aromatic carbocycles. The molecule has 0 bridgehead atoms. The van der Waals surface area contributed by atoms with Gasteiger partial charge in [-0.3, -0.25) is 4.72 Å². The average Bonchev–Trinajstić information content (AvgIpc) is 2.37. The SMILES string of the molecule is Cc1ccc(Br)cc1S(=O)(=O)Nc1c(F)cccc1F. The summed E-state index contributed by atoms with van der Waals surface area (Å²) < 4.78 is 53.9. The summed E-state index contributed by atoms with van der Waals surface area (Å²) in [6.45, 7) is 1.60. The Bertz CT molecular complexity index is 743. The molecule has 106 valence electrons. The van der Waals surface area contributed by atoms with Crippen LogP contribution in [0.4, 0.5) is 14.5 Å². The van der Waals surface area contributed by atoms with Crippen LogP contribution in [-0.2, 0) is 10.0 Å². The molecular weight excluding hydrogens is 352 g/mol. The van der Waals surface area contributed by atoms with Crippen LogP contribution in [0.2, 0.25) is 0 Å². The van der Waals surface area contributed by atoms with Crippen LogP contribution in [0, 0.1) is 18.6 Å². The third kappa shape index (κ3) is 2.99. The minimum absolute atomic E-state index is 0.0467. The van der Waals surface area contributed by atoms with Gasteiger partial charge in [0.2, 0.25) is 0 Å². The zero-order valence-electron chi connectivity index (χ0n) is 10.3. The third-order valence-electron chi connectivity index (χ3n) is 2.64. The highest BCUT2D eigenvalue weighted by Crippen LogP contribution is 2.25. The lowest BCUT2D eigenvalue weighted by Gasteiger charge is -2.12. The number of benzene rings is 2. The van der Waals surface area contributed by atoms with E-state index in [1.807, 2.05) is 4.72 Å². The highest BCUT2D eigenvalue weighted by atomic mass is 79.9. The normalized spacial score (nSPS) is 11.4. The molecule has 0 amide bonds. The van der Waals surface area contributed by atoms with Crippen LogP contribution in [0.1, 0.15) is 5.56 Å². The smallest absolute Gasteiger partial charge is 0.262 e. The number of aryl methyl sites for hydroxylation is 1. The predicted molar refractivity (Wildman–Crippen MR) is 76.0 cm³/mol. The van der Waals surface area contributed by atoms with Crippen molar-refractivity contribution in [2.75, 3.05) is 4.72 Å². The summed E-state index contributed by atoms with van der Waals surface area (Å²) in [7, 11) is -4.07. The molecule has 0 spiro atoms. The number of hydrogen-bond donors (Lipinski definition) is 1. The van der Waals surface area contributed by atoms with Crippen LogP contribution < -0.4 is 4.72 Å².